The zero-order chi connectivity index (χ0) is 14.7. The van der Waals surface area contributed by atoms with Gasteiger partial charge in [0.2, 0.25) is 0 Å². The van der Waals surface area contributed by atoms with Gasteiger partial charge in [-0.15, -0.1) is 0 Å². The van der Waals surface area contributed by atoms with E-state index in [1.165, 1.54) is 6.42 Å². The van der Waals surface area contributed by atoms with E-state index in [-0.39, 0.29) is 0 Å². The summed E-state index contributed by atoms with van der Waals surface area (Å²) in [6, 6.07) is 1.52. The Labute approximate surface area is 122 Å². The molecule has 2 rings (SSSR count). The van der Waals surface area contributed by atoms with E-state index in [0.29, 0.717) is 24.0 Å². The molecule has 5 nitrogen and oxygen atoms in total. The summed E-state index contributed by atoms with van der Waals surface area (Å²) >= 11 is 0. The SMILES string of the molecule is CC(C)C1CN(Cc2ncnn2C(C)C)C(C)CCN1. The molecule has 114 valence electrons. The van der Waals surface area contributed by atoms with E-state index in [4.69, 9.17) is 0 Å². The summed E-state index contributed by atoms with van der Waals surface area (Å²) in [5.41, 5.74) is 0. The first-order chi connectivity index (χ1) is 9.49. The zero-order valence-corrected chi connectivity index (χ0v) is 13.5. The molecule has 0 bridgehead atoms. The number of rotatable bonds is 4. The normalized spacial score (nSPS) is 25.4. The monoisotopic (exact) mass is 279 g/mol. The molecule has 1 saturated heterocycles. The molecule has 1 fully saturated rings. The lowest BCUT2D eigenvalue weighted by Gasteiger charge is -2.30. The summed E-state index contributed by atoms with van der Waals surface area (Å²) in [7, 11) is 0. The van der Waals surface area contributed by atoms with Crippen LogP contribution in [0.1, 0.15) is 52.9 Å². The fourth-order valence-electron chi connectivity index (χ4n) is 2.82. The highest BCUT2D eigenvalue weighted by atomic mass is 15.4. The predicted molar refractivity (Wildman–Crippen MR) is 81.5 cm³/mol. The molecule has 2 unspecified atom stereocenters. The summed E-state index contributed by atoms with van der Waals surface area (Å²) in [5, 5.41) is 8.02. The lowest BCUT2D eigenvalue weighted by molar-refractivity contribution is 0.175. The smallest absolute Gasteiger partial charge is 0.141 e. The van der Waals surface area contributed by atoms with Gasteiger partial charge in [-0.25, -0.2) is 9.67 Å². The molecule has 5 heteroatoms. The van der Waals surface area contributed by atoms with E-state index in [1.807, 2.05) is 4.68 Å². The van der Waals surface area contributed by atoms with Crippen molar-refractivity contribution in [3.05, 3.63) is 12.2 Å². The van der Waals surface area contributed by atoms with Crippen LogP contribution in [-0.4, -0.2) is 44.8 Å². The van der Waals surface area contributed by atoms with E-state index >= 15 is 0 Å². The molecule has 0 amide bonds. The number of hydrogen-bond donors (Lipinski definition) is 1. The first-order valence-corrected chi connectivity index (χ1v) is 7.84. The Hall–Kier alpha value is -0.940. The van der Waals surface area contributed by atoms with Crippen LogP contribution < -0.4 is 5.32 Å². The summed E-state index contributed by atoms with van der Waals surface area (Å²) in [6.45, 7) is 14.3. The Bertz CT molecular complexity index is 412. The quantitative estimate of drug-likeness (QED) is 0.916. The van der Waals surface area contributed by atoms with E-state index in [1.54, 1.807) is 6.33 Å². The molecule has 1 N–H and O–H groups in total. The van der Waals surface area contributed by atoms with Gasteiger partial charge in [-0.05, 0) is 39.7 Å². The van der Waals surface area contributed by atoms with Gasteiger partial charge in [-0.1, -0.05) is 13.8 Å². The predicted octanol–water partition coefficient (Wildman–Crippen LogP) is 2.07. The van der Waals surface area contributed by atoms with Crippen molar-refractivity contribution in [3.63, 3.8) is 0 Å². The molecule has 1 aliphatic rings. The highest BCUT2D eigenvalue weighted by molar-refractivity contribution is 4.91. The van der Waals surface area contributed by atoms with E-state index < -0.39 is 0 Å². The second-order valence-electron chi connectivity index (χ2n) is 6.59. The molecule has 0 radical (unpaired) electrons. The van der Waals surface area contributed by atoms with Crippen LogP contribution in [0.2, 0.25) is 0 Å². The van der Waals surface area contributed by atoms with Crippen LogP contribution in [0.3, 0.4) is 0 Å². The summed E-state index contributed by atoms with van der Waals surface area (Å²) in [6.07, 6.45) is 2.87. The van der Waals surface area contributed by atoms with Crippen molar-refractivity contribution in [2.24, 2.45) is 5.92 Å². The van der Waals surface area contributed by atoms with Crippen LogP contribution >= 0.6 is 0 Å². The largest absolute Gasteiger partial charge is 0.312 e. The van der Waals surface area contributed by atoms with Crippen molar-refractivity contribution in [3.8, 4) is 0 Å². The van der Waals surface area contributed by atoms with Crippen LogP contribution in [0.4, 0.5) is 0 Å². The van der Waals surface area contributed by atoms with Crippen LogP contribution in [0.15, 0.2) is 6.33 Å². The van der Waals surface area contributed by atoms with Gasteiger partial charge in [0, 0.05) is 24.7 Å². The van der Waals surface area contributed by atoms with Gasteiger partial charge >= 0.3 is 0 Å². The van der Waals surface area contributed by atoms with Gasteiger partial charge in [0.1, 0.15) is 12.2 Å². The third kappa shape index (κ3) is 3.58. The maximum absolute atomic E-state index is 4.46. The van der Waals surface area contributed by atoms with Crippen molar-refractivity contribution in [1.29, 1.82) is 0 Å². The molecule has 2 atom stereocenters. The fourth-order valence-corrected chi connectivity index (χ4v) is 2.82. The number of aromatic nitrogens is 3. The maximum Gasteiger partial charge on any atom is 0.141 e. The fraction of sp³-hybridized carbons (Fsp3) is 0.867. The van der Waals surface area contributed by atoms with Gasteiger partial charge < -0.3 is 5.32 Å². The Morgan fingerprint density at radius 2 is 2.10 bits per heavy atom. The molecule has 20 heavy (non-hydrogen) atoms. The number of nitrogens with zero attached hydrogens (tertiary/aromatic N) is 4. The standard InChI is InChI=1S/C15H29N5/c1-11(2)14-8-19(13(5)6-7-16-14)9-15-17-10-18-20(15)12(3)4/h10-14,16H,6-9H2,1-5H3. The molecular weight excluding hydrogens is 250 g/mol. The first-order valence-electron chi connectivity index (χ1n) is 7.84. The Morgan fingerprint density at radius 3 is 2.75 bits per heavy atom. The van der Waals surface area contributed by atoms with Gasteiger partial charge in [0.05, 0.1) is 6.54 Å². The van der Waals surface area contributed by atoms with Crippen LogP contribution in [0.5, 0.6) is 0 Å². The molecule has 0 saturated carbocycles. The third-order valence-electron chi connectivity index (χ3n) is 4.31. The molecule has 0 aromatic carbocycles. The minimum atomic E-state index is 0.369. The van der Waals surface area contributed by atoms with E-state index in [9.17, 15) is 0 Å². The lowest BCUT2D eigenvalue weighted by atomic mass is 10.0. The Morgan fingerprint density at radius 1 is 1.35 bits per heavy atom. The van der Waals surface area contributed by atoms with Crippen LogP contribution in [-0.2, 0) is 6.54 Å². The zero-order valence-electron chi connectivity index (χ0n) is 13.5. The van der Waals surface area contributed by atoms with Crippen molar-refractivity contribution in [1.82, 2.24) is 25.0 Å². The highest BCUT2D eigenvalue weighted by Crippen LogP contribution is 2.17. The molecule has 1 aromatic rings. The van der Waals surface area contributed by atoms with Gasteiger partial charge in [0.15, 0.2) is 0 Å². The second-order valence-corrected chi connectivity index (χ2v) is 6.59. The summed E-state index contributed by atoms with van der Waals surface area (Å²) in [5.74, 6) is 1.74. The van der Waals surface area contributed by atoms with E-state index in [0.717, 1.165) is 25.5 Å². The average molecular weight is 279 g/mol. The molecular formula is C15H29N5. The highest BCUT2D eigenvalue weighted by Gasteiger charge is 2.26. The Balaban J connectivity index is 2.10. The minimum absolute atomic E-state index is 0.369. The summed E-state index contributed by atoms with van der Waals surface area (Å²) in [4.78, 5) is 7.01. The van der Waals surface area contributed by atoms with Gasteiger partial charge in [-0.2, -0.15) is 5.10 Å². The third-order valence-corrected chi connectivity index (χ3v) is 4.31. The molecule has 2 heterocycles. The summed E-state index contributed by atoms with van der Waals surface area (Å²) < 4.78 is 2.04. The molecule has 0 aliphatic carbocycles. The molecule has 0 spiro atoms. The maximum atomic E-state index is 4.46. The lowest BCUT2D eigenvalue weighted by Crippen LogP contribution is -2.43. The molecule has 1 aliphatic heterocycles. The van der Waals surface area contributed by atoms with Gasteiger partial charge in [-0.3, -0.25) is 4.90 Å². The first kappa shape index (κ1) is 15.4. The van der Waals surface area contributed by atoms with Gasteiger partial charge in [0.25, 0.3) is 0 Å². The number of nitrogens with one attached hydrogen (secondary N) is 1. The van der Waals surface area contributed by atoms with Crippen molar-refractivity contribution < 1.29 is 0 Å². The van der Waals surface area contributed by atoms with E-state index in [2.05, 4.69) is 54.9 Å². The Kier molecular flexibility index (Phi) is 5.16. The minimum Gasteiger partial charge on any atom is -0.312 e. The topological polar surface area (TPSA) is 46.0 Å². The van der Waals surface area contributed by atoms with Crippen LogP contribution in [0.25, 0.3) is 0 Å². The van der Waals surface area contributed by atoms with Crippen LogP contribution in [0, 0.1) is 5.92 Å². The van der Waals surface area contributed by atoms with Crippen molar-refractivity contribution in [2.75, 3.05) is 13.1 Å². The van der Waals surface area contributed by atoms with Crippen molar-refractivity contribution in [2.45, 2.75) is 65.7 Å². The average Bonchev–Trinajstić information content (AvgIpc) is 2.76. The number of hydrogen-bond acceptors (Lipinski definition) is 4. The second kappa shape index (κ2) is 6.68. The molecule has 1 aromatic heterocycles. The van der Waals surface area contributed by atoms with Crippen molar-refractivity contribution >= 4 is 0 Å².